The number of benzene rings is 2. The van der Waals surface area contributed by atoms with Crippen LogP contribution in [0.25, 0.3) is 0 Å². The number of halogens is 2. The maximum absolute atomic E-state index is 12.8. The van der Waals surface area contributed by atoms with Crippen LogP contribution in [0.15, 0.2) is 47.4 Å². The predicted octanol–water partition coefficient (Wildman–Crippen LogP) is 4.52. The third-order valence-electron chi connectivity index (χ3n) is 3.00. The summed E-state index contributed by atoms with van der Waals surface area (Å²) in [6.07, 6.45) is 0. The molecule has 0 aromatic heterocycles. The summed E-state index contributed by atoms with van der Waals surface area (Å²) in [7, 11) is -3.70. The standard InChI is InChI=1S/C15H15Cl2NO2S/c1-3-18(14-6-4-5-11(2)7-14)21(19,20)15-9-12(16)8-13(17)10-15/h4-10H,3H2,1-2H3. The van der Waals surface area contributed by atoms with Crippen molar-refractivity contribution in [2.75, 3.05) is 10.8 Å². The molecule has 0 spiro atoms. The Morgan fingerprint density at radius 2 is 1.67 bits per heavy atom. The monoisotopic (exact) mass is 343 g/mol. The molecule has 0 aliphatic heterocycles. The van der Waals surface area contributed by atoms with E-state index < -0.39 is 10.0 Å². The minimum Gasteiger partial charge on any atom is -0.267 e. The van der Waals surface area contributed by atoms with E-state index >= 15 is 0 Å². The number of hydrogen-bond donors (Lipinski definition) is 0. The summed E-state index contributed by atoms with van der Waals surface area (Å²) in [6, 6.07) is 11.6. The molecule has 0 N–H and O–H groups in total. The summed E-state index contributed by atoms with van der Waals surface area (Å²) < 4.78 is 26.9. The van der Waals surface area contributed by atoms with Gasteiger partial charge in [-0.3, -0.25) is 4.31 Å². The van der Waals surface area contributed by atoms with Crippen molar-refractivity contribution >= 4 is 38.9 Å². The number of nitrogens with zero attached hydrogens (tertiary/aromatic N) is 1. The zero-order chi connectivity index (χ0) is 15.6. The molecule has 0 aliphatic rings. The van der Waals surface area contributed by atoms with Crippen LogP contribution in [0.4, 0.5) is 5.69 Å². The highest BCUT2D eigenvalue weighted by Crippen LogP contribution is 2.28. The number of hydrogen-bond acceptors (Lipinski definition) is 2. The maximum Gasteiger partial charge on any atom is 0.264 e. The highest BCUT2D eigenvalue weighted by atomic mass is 35.5. The number of rotatable bonds is 4. The van der Waals surface area contributed by atoms with Crippen molar-refractivity contribution in [2.24, 2.45) is 0 Å². The lowest BCUT2D eigenvalue weighted by Crippen LogP contribution is -2.30. The highest BCUT2D eigenvalue weighted by molar-refractivity contribution is 7.92. The summed E-state index contributed by atoms with van der Waals surface area (Å²) in [5.74, 6) is 0. The van der Waals surface area contributed by atoms with E-state index in [2.05, 4.69) is 0 Å². The molecule has 0 fully saturated rings. The molecule has 0 unspecified atom stereocenters. The molecular formula is C15H15Cl2NO2S. The van der Waals surface area contributed by atoms with Crippen LogP contribution in [0.3, 0.4) is 0 Å². The third-order valence-corrected chi connectivity index (χ3v) is 5.32. The zero-order valence-electron chi connectivity index (χ0n) is 11.7. The van der Waals surface area contributed by atoms with E-state index in [0.717, 1.165) is 5.56 Å². The molecule has 2 aromatic carbocycles. The predicted molar refractivity (Wildman–Crippen MR) is 87.8 cm³/mol. The first-order valence-corrected chi connectivity index (χ1v) is 8.59. The summed E-state index contributed by atoms with van der Waals surface area (Å²) >= 11 is 11.8. The Hall–Kier alpha value is -1.23. The van der Waals surface area contributed by atoms with Gasteiger partial charge in [0.1, 0.15) is 0 Å². The first-order valence-electron chi connectivity index (χ1n) is 6.40. The normalized spacial score (nSPS) is 11.4. The lowest BCUT2D eigenvalue weighted by molar-refractivity contribution is 0.592. The minimum atomic E-state index is -3.70. The van der Waals surface area contributed by atoms with Gasteiger partial charge in [0.25, 0.3) is 10.0 Å². The SMILES string of the molecule is CCN(c1cccc(C)c1)S(=O)(=O)c1cc(Cl)cc(Cl)c1. The van der Waals surface area contributed by atoms with Crippen LogP contribution in [0.5, 0.6) is 0 Å². The Labute approximate surface area is 135 Å². The topological polar surface area (TPSA) is 37.4 Å². The van der Waals surface area contributed by atoms with Crippen molar-refractivity contribution in [3.8, 4) is 0 Å². The summed E-state index contributed by atoms with van der Waals surface area (Å²) in [5, 5.41) is 0.586. The van der Waals surface area contributed by atoms with Gasteiger partial charge >= 0.3 is 0 Å². The molecule has 6 heteroatoms. The van der Waals surface area contributed by atoms with Crippen LogP contribution in [-0.4, -0.2) is 15.0 Å². The smallest absolute Gasteiger partial charge is 0.264 e. The molecule has 0 radical (unpaired) electrons. The average Bonchev–Trinajstić information content (AvgIpc) is 2.38. The van der Waals surface area contributed by atoms with Gasteiger partial charge in [-0.2, -0.15) is 0 Å². The second-order valence-electron chi connectivity index (χ2n) is 4.61. The van der Waals surface area contributed by atoms with E-state index in [0.29, 0.717) is 22.3 Å². The second kappa shape index (κ2) is 6.26. The van der Waals surface area contributed by atoms with Crippen LogP contribution < -0.4 is 4.31 Å². The molecule has 0 atom stereocenters. The Morgan fingerprint density at radius 3 is 2.19 bits per heavy atom. The van der Waals surface area contributed by atoms with Gasteiger partial charge in [-0.1, -0.05) is 35.3 Å². The van der Waals surface area contributed by atoms with Crippen molar-refractivity contribution in [3.63, 3.8) is 0 Å². The number of anilines is 1. The lowest BCUT2D eigenvalue weighted by Gasteiger charge is -2.23. The Balaban J connectivity index is 2.54. The molecule has 0 amide bonds. The number of aryl methyl sites for hydroxylation is 1. The Kier molecular flexibility index (Phi) is 4.81. The summed E-state index contributed by atoms with van der Waals surface area (Å²) in [6.45, 7) is 4.02. The minimum absolute atomic E-state index is 0.0864. The number of sulfonamides is 1. The van der Waals surface area contributed by atoms with Gasteiger partial charge in [-0.05, 0) is 49.7 Å². The van der Waals surface area contributed by atoms with Crippen LogP contribution in [0, 0.1) is 6.92 Å². The molecule has 112 valence electrons. The molecule has 0 aliphatic carbocycles. The fourth-order valence-corrected chi connectivity index (χ4v) is 4.27. The molecule has 3 nitrogen and oxygen atoms in total. The molecule has 0 saturated carbocycles. The quantitative estimate of drug-likeness (QED) is 0.818. The largest absolute Gasteiger partial charge is 0.267 e. The molecule has 21 heavy (non-hydrogen) atoms. The van der Waals surface area contributed by atoms with E-state index in [4.69, 9.17) is 23.2 Å². The van der Waals surface area contributed by atoms with Crippen LogP contribution >= 0.6 is 23.2 Å². The zero-order valence-corrected chi connectivity index (χ0v) is 14.0. The van der Waals surface area contributed by atoms with E-state index in [-0.39, 0.29) is 4.90 Å². The first kappa shape index (κ1) is 16.1. The fraction of sp³-hybridized carbons (Fsp3) is 0.200. The van der Waals surface area contributed by atoms with Gasteiger partial charge in [0.15, 0.2) is 0 Å². The van der Waals surface area contributed by atoms with Crippen molar-refractivity contribution in [3.05, 3.63) is 58.1 Å². The van der Waals surface area contributed by atoms with Crippen molar-refractivity contribution < 1.29 is 8.42 Å². The molecule has 0 saturated heterocycles. The van der Waals surface area contributed by atoms with Crippen LogP contribution in [0.2, 0.25) is 10.0 Å². The summed E-state index contributed by atoms with van der Waals surface area (Å²) in [4.78, 5) is 0.0864. The van der Waals surface area contributed by atoms with Crippen LogP contribution in [-0.2, 0) is 10.0 Å². The molecule has 0 heterocycles. The average molecular weight is 344 g/mol. The van der Waals surface area contributed by atoms with E-state index in [1.165, 1.54) is 22.5 Å². The van der Waals surface area contributed by atoms with E-state index in [1.54, 1.807) is 13.0 Å². The molecule has 2 aromatic rings. The van der Waals surface area contributed by atoms with Gasteiger partial charge in [0.2, 0.25) is 0 Å². The van der Waals surface area contributed by atoms with Gasteiger partial charge < -0.3 is 0 Å². The molecule has 0 bridgehead atoms. The maximum atomic E-state index is 12.8. The Morgan fingerprint density at radius 1 is 1.05 bits per heavy atom. The third kappa shape index (κ3) is 3.51. The second-order valence-corrected chi connectivity index (χ2v) is 7.35. The summed E-state index contributed by atoms with van der Waals surface area (Å²) in [5.41, 5.74) is 1.61. The molecule has 2 rings (SSSR count). The van der Waals surface area contributed by atoms with E-state index in [1.807, 2.05) is 25.1 Å². The lowest BCUT2D eigenvalue weighted by atomic mass is 10.2. The van der Waals surface area contributed by atoms with Crippen molar-refractivity contribution in [1.29, 1.82) is 0 Å². The highest BCUT2D eigenvalue weighted by Gasteiger charge is 2.24. The Bertz CT molecular complexity index is 740. The van der Waals surface area contributed by atoms with Gasteiger partial charge in [0.05, 0.1) is 10.6 Å². The first-order chi connectivity index (χ1) is 9.84. The van der Waals surface area contributed by atoms with E-state index in [9.17, 15) is 8.42 Å². The van der Waals surface area contributed by atoms with Crippen LogP contribution in [0.1, 0.15) is 12.5 Å². The van der Waals surface area contributed by atoms with Gasteiger partial charge in [-0.15, -0.1) is 0 Å². The van der Waals surface area contributed by atoms with Crippen molar-refractivity contribution in [2.45, 2.75) is 18.7 Å². The fourth-order valence-electron chi connectivity index (χ4n) is 2.08. The van der Waals surface area contributed by atoms with Gasteiger partial charge in [-0.25, -0.2) is 8.42 Å². The van der Waals surface area contributed by atoms with Gasteiger partial charge in [0, 0.05) is 16.6 Å². The van der Waals surface area contributed by atoms with Crippen molar-refractivity contribution in [1.82, 2.24) is 0 Å². The molecular weight excluding hydrogens is 329 g/mol.